The maximum atomic E-state index is 4.73. The molecule has 1 aromatic rings. The van der Waals surface area contributed by atoms with Crippen molar-refractivity contribution in [2.45, 2.75) is 71.9 Å². The third-order valence-electron chi connectivity index (χ3n) is 3.77. The molecule has 0 amide bonds. The maximum Gasteiger partial charge on any atom is 0.0631 e. The van der Waals surface area contributed by atoms with E-state index >= 15 is 0 Å². The molecular weight excluding hydrogens is 222 g/mol. The number of hydrogen-bond donors (Lipinski definition) is 1. The standard InChI is InChI=1S/C15H27N3/c1-10(9-16-13-7-8-13)14-11(2)17-18(12(14)3)15(4,5)6/h10,13,16H,7-9H2,1-6H3. The predicted octanol–water partition coefficient (Wildman–Crippen LogP) is 3.11. The molecule has 18 heavy (non-hydrogen) atoms. The first kappa shape index (κ1) is 13.6. The first-order valence-electron chi connectivity index (χ1n) is 7.10. The first-order valence-corrected chi connectivity index (χ1v) is 7.10. The van der Waals surface area contributed by atoms with Crippen LogP contribution < -0.4 is 5.32 Å². The highest BCUT2D eigenvalue weighted by atomic mass is 15.3. The van der Waals surface area contributed by atoms with E-state index in [1.807, 2.05) is 0 Å². The van der Waals surface area contributed by atoms with E-state index in [2.05, 4.69) is 51.5 Å². The molecule has 2 rings (SSSR count). The summed E-state index contributed by atoms with van der Waals surface area (Å²) in [5.74, 6) is 0.543. The molecule has 1 heterocycles. The molecule has 1 saturated carbocycles. The molecular formula is C15H27N3. The highest BCUT2D eigenvalue weighted by Crippen LogP contribution is 2.28. The van der Waals surface area contributed by atoms with Crippen LogP contribution >= 0.6 is 0 Å². The topological polar surface area (TPSA) is 29.9 Å². The van der Waals surface area contributed by atoms with E-state index < -0.39 is 0 Å². The van der Waals surface area contributed by atoms with Gasteiger partial charge >= 0.3 is 0 Å². The normalized spacial score (nSPS) is 18.1. The summed E-state index contributed by atoms with van der Waals surface area (Å²) >= 11 is 0. The van der Waals surface area contributed by atoms with Gasteiger partial charge in [0, 0.05) is 23.8 Å². The Morgan fingerprint density at radius 2 is 1.94 bits per heavy atom. The number of nitrogens with zero attached hydrogens (tertiary/aromatic N) is 2. The Balaban J connectivity index is 2.18. The molecule has 1 unspecified atom stereocenters. The van der Waals surface area contributed by atoms with E-state index in [1.54, 1.807) is 0 Å². The van der Waals surface area contributed by atoms with Crippen LogP contribution in [0, 0.1) is 13.8 Å². The zero-order valence-corrected chi connectivity index (χ0v) is 12.7. The van der Waals surface area contributed by atoms with Gasteiger partial charge in [-0.15, -0.1) is 0 Å². The lowest BCUT2D eigenvalue weighted by atomic mass is 9.98. The summed E-state index contributed by atoms with van der Waals surface area (Å²) in [6.07, 6.45) is 2.71. The highest BCUT2D eigenvalue weighted by molar-refractivity contribution is 5.29. The van der Waals surface area contributed by atoms with Gasteiger partial charge in [-0.1, -0.05) is 6.92 Å². The van der Waals surface area contributed by atoms with E-state index in [4.69, 9.17) is 5.10 Å². The van der Waals surface area contributed by atoms with Crippen molar-refractivity contribution in [3.63, 3.8) is 0 Å². The largest absolute Gasteiger partial charge is 0.313 e. The Morgan fingerprint density at radius 3 is 2.39 bits per heavy atom. The van der Waals surface area contributed by atoms with Crippen LogP contribution in [-0.2, 0) is 5.54 Å². The second-order valence-corrected chi connectivity index (χ2v) is 6.75. The minimum absolute atomic E-state index is 0.0662. The summed E-state index contributed by atoms with van der Waals surface area (Å²) in [7, 11) is 0. The molecule has 0 aromatic carbocycles. The summed E-state index contributed by atoms with van der Waals surface area (Å²) in [5, 5.41) is 8.35. The molecule has 1 aromatic heterocycles. The molecule has 0 spiro atoms. The Morgan fingerprint density at radius 1 is 1.33 bits per heavy atom. The first-order chi connectivity index (χ1) is 8.30. The third-order valence-corrected chi connectivity index (χ3v) is 3.77. The van der Waals surface area contributed by atoms with Crippen LogP contribution in [0.1, 0.15) is 63.4 Å². The fraction of sp³-hybridized carbons (Fsp3) is 0.800. The number of aromatic nitrogens is 2. The molecule has 0 saturated heterocycles. The van der Waals surface area contributed by atoms with Gasteiger partial charge in [-0.2, -0.15) is 5.10 Å². The minimum atomic E-state index is 0.0662. The van der Waals surface area contributed by atoms with Crippen LogP contribution in [0.3, 0.4) is 0 Å². The van der Waals surface area contributed by atoms with Gasteiger partial charge in [-0.25, -0.2) is 0 Å². The smallest absolute Gasteiger partial charge is 0.0631 e. The van der Waals surface area contributed by atoms with E-state index in [9.17, 15) is 0 Å². The zero-order chi connectivity index (χ0) is 13.5. The van der Waals surface area contributed by atoms with Crippen LogP contribution in [0.4, 0.5) is 0 Å². The van der Waals surface area contributed by atoms with E-state index in [1.165, 1.54) is 29.8 Å². The van der Waals surface area contributed by atoms with E-state index in [0.29, 0.717) is 5.92 Å². The summed E-state index contributed by atoms with van der Waals surface area (Å²) in [6, 6.07) is 0.783. The average molecular weight is 249 g/mol. The van der Waals surface area contributed by atoms with Gasteiger partial charge in [0.1, 0.15) is 0 Å². The van der Waals surface area contributed by atoms with Crippen molar-refractivity contribution in [3.05, 3.63) is 17.0 Å². The third kappa shape index (κ3) is 2.77. The van der Waals surface area contributed by atoms with E-state index in [0.717, 1.165) is 12.6 Å². The van der Waals surface area contributed by atoms with Gasteiger partial charge in [0.2, 0.25) is 0 Å². The van der Waals surface area contributed by atoms with E-state index in [-0.39, 0.29) is 5.54 Å². The number of nitrogens with one attached hydrogen (secondary N) is 1. The van der Waals surface area contributed by atoms with Gasteiger partial charge in [-0.3, -0.25) is 4.68 Å². The molecule has 0 radical (unpaired) electrons. The van der Waals surface area contributed by atoms with Crippen LogP contribution in [0.5, 0.6) is 0 Å². The molecule has 0 bridgehead atoms. The maximum absolute atomic E-state index is 4.73. The molecule has 102 valence electrons. The molecule has 3 nitrogen and oxygen atoms in total. The van der Waals surface area contributed by atoms with Crippen LogP contribution in [0.2, 0.25) is 0 Å². The number of hydrogen-bond acceptors (Lipinski definition) is 2. The van der Waals surface area contributed by atoms with Gasteiger partial charge in [-0.05, 0) is 53.4 Å². The number of aryl methyl sites for hydroxylation is 1. The summed E-state index contributed by atoms with van der Waals surface area (Å²) in [4.78, 5) is 0. The van der Waals surface area contributed by atoms with Crippen LogP contribution in [-0.4, -0.2) is 22.4 Å². The van der Waals surface area contributed by atoms with Gasteiger partial charge in [0.25, 0.3) is 0 Å². The molecule has 0 aliphatic heterocycles. The quantitative estimate of drug-likeness (QED) is 0.888. The molecule has 3 heteroatoms. The minimum Gasteiger partial charge on any atom is -0.313 e. The second-order valence-electron chi connectivity index (χ2n) is 6.75. The van der Waals surface area contributed by atoms with Crippen molar-refractivity contribution in [2.24, 2.45) is 0 Å². The Bertz CT molecular complexity index is 422. The fourth-order valence-corrected chi connectivity index (χ4v) is 2.75. The SMILES string of the molecule is Cc1nn(C(C)(C)C)c(C)c1C(C)CNC1CC1. The summed E-state index contributed by atoms with van der Waals surface area (Å²) in [6.45, 7) is 14.4. The summed E-state index contributed by atoms with van der Waals surface area (Å²) in [5.41, 5.74) is 4.01. The Hall–Kier alpha value is -0.830. The van der Waals surface area contributed by atoms with Gasteiger partial charge < -0.3 is 5.32 Å². The average Bonchev–Trinajstić information content (AvgIpc) is 3.00. The summed E-state index contributed by atoms with van der Waals surface area (Å²) < 4.78 is 2.17. The van der Waals surface area contributed by atoms with Crippen molar-refractivity contribution in [1.29, 1.82) is 0 Å². The van der Waals surface area contributed by atoms with Gasteiger partial charge in [0.05, 0.1) is 11.2 Å². The van der Waals surface area contributed by atoms with Crippen molar-refractivity contribution >= 4 is 0 Å². The monoisotopic (exact) mass is 249 g/mol. The number of rotatable bonds is 4. The molecule has 1 aliphatic carbocycles. The molecule has 1 fully saturated rings. The lowest BCUT2D eigenvalue weighted by Crippen LogP contribution is -2.25. The lowest BCUT2D eigenvalue weighted by Gasteiger charge is -2.22. The zero-order valence-electron chi connectivity index (χ0n) is 12.7. The highest BCUT2D eigenvalue weighted by Gasteiger charge is 2.25. The lowest BCUT2D eigenvalue weighted by molar-refractivity contribution is 0.346. The fourth-order valence-electron chi connectivity index (χ4n) is 2.75. The second kappa shape index (κ2) is 4.69. The van der Waals surface area contributed by atoms with Crippen molar-refractivity contribution in [3.8, 4) is 0 Å². The van der Waals surface area contributed by atoms with Crippen molar-refractivity contribution in [1.82, 2.24) is 15.1 Å². The van der Waals surface area contributed by atoms with Crippen molar-refractivity contribution in [2.75, 3.05) is 6.54 Å². The van der Waals surface area contributed by atoms with Crippen LogP contribution in [0.25, 0.3) is 0 Å². The van der Waals surface area contributed by atoms with Gasteiger partial charge in [0.15, 0.2) is 0 Å². The molecule has 1 atom stereocenters. The molecule has 1 N–H and O–H groups in total. The molecule has 1 aliphatic rings. The van der Waals surface area contributed by atoms with Crippen LogP contribution in [0.15, 0.2) is 0 Å². The Labute approximate surface area is 111 Å². The van der Waals surface area contributed by atoms with Crippen molar-refractivity contribution < 1.29 is 0 Å². The predicted molar refractivity (Wildman–Crippen MR) is 76.1 cm³/mol. The Kier molecular flexibility index (Phi) is 3.54.